The number of hydrogen-bond acceptors (Lipinski definition) is 4. The van der Waals surface area contributed by atoms with Gasteiger partial charge in [-0.2, -0.15) is 0 Å². The van der Waals surface area contributed by atoms with Crippen LogP contribution >= 0.6 is 12.4 Å². The third-order valence-corrected chi connectivity index (χ3v) is 6.75. The van der Waals surface area contributed by atoms with E-state index in [0.717, 1.165) is 35.2 Å². The highest BCUT2D eigenvalue weighted by atomic mass is 35.5. The van der Waals surface area contributed by atoms with Gasteiger partial charge >= 0.3 is 0 Å². The molecule has 1 unspecified atom stereocenters. The van der Waals surface area contributed by atoms with Gasteiger partial charge in [-0.1, -0.05) is 60.7 Å². The third-order valence-electron chi connectivity index (χ3n) is 6.75. The van der Waals surface area contributed by atoms with Crippen molar-refractivity contribution in [1.82, 2.24) is 9.80 Å². The van der Waals surface area contributed by atoms with Crippen LogP contribution in [0.25, 0.3) is 11.1 Å². The highest BCUT2D eigenvalue weighted by molar-refractivity contribution is 5.85. The van der Waals surface area contributed by atoms with Gasteiger partial charge in [-0.3, -0.25) is 4.79 Å². The Bertz CT molecular complexity index is 1210. The molecule has 2 heterocycles. The number of carbonyl (C=O) groups excluding carboxylic acids is 1. The molecule has 2 aliphatic rings. The molecule has 3 aromatic carbocycles. The Labute approximate surface area is 201 Å². The van der Waals surface area contributed by atoms with Crippen molar-refractivity contribution in [3.8, 4) is 11.1 Å². The molecule has 0 aliphatic carbocycles. The summed E-state index contributed by atoms with van der Waals surface area (Å²) >= 11 is 0. The van der Waals surface area contributed by atoms with Gasteiger partial charge < -0.3 is 15.5 Å². The zero-order chi connectivity index (χ0) is 22.3. The Morgan fingerprint density at radius 1 is 0.939 bits per heavy atom. The lowest BCUT2D eigenvalue weighted by atomic mass is 9.82. The van der Waals surface area contributed by atoms with Crippen LogP contribution in [0.15, 0.2) is 77.8 Å². The number of rotatable bonds is 3. The second-order valence-corrected chi connectivity index (χ2v) is 8.81. The summed E-state index contributed by atoms with van der Waals surface area (Å²) in [7, 11) is 1.98. The van der Waals surface area contributed by atoms with Crippen molar-refractivity contribution in [1.29, 1.82) is 0 Å². The molecule has 0 bridgehead atoms. The van der Waals surface area contributed by atoms with Crippen LogP contribution < -0.4 is 5.73 Å². The number of nitrogens with two attached hydrogens (primary N) is 1. The highest BCUT2D eigenvalue weighted by Gasteiger charge is 2.40. The van der Waals surface area contributed by atoms with E-state index in [-0.39, 0.29) is 18.3 Å². The average molecular weight is 461 g/mol. The van der Waals surface area contributed by atoms with Crippen molar-refractivity contribution in [3.05, 3.63) is 95.1 Å². The Balaban J connectivity index is 0.00000259. The topological polar surface area (TPSA) is 61.9 Å². The highest BCUT2D eigenvalue weighted by Crippen LogP contribution is 2.39. The summed E-state index contributed by atoms with van der Waals surface area (Å²) in [5.74, 6) is 0.686. The molecule has 1 amide bonds. The Morgan fingerprint density at radius 2 is 1.67 bits per heavy atom. The molecule has 0 radical (unpaired) electrons. The number of carbonyl (C=O) groups is 1. The fourth-order valence-corrected chi connectivity index (χ4v) is 4.89. The molecule has 33 heavy (non-hydrogen) atoms. The minimum atomic E-state index is -0.532. The maximum Gasteiger partial charge on any atom is 0.219 e. The molecule has 0 saturated heterocycles. The van der Waals surface area contributed by atoms with Gasteiger partial charge in [0.25, 0.3) is 0 Å². The van der Waals surface area contributed by atoms with E-state index < -0.39 is 5.54 Å². The van der Waals surface area contributed by atoms with Crippen molar-refractivity contribution in [3.63, 3.8) is 0 Å². The summed E-state index contributed by atoms with van der Waals surface area (Å²) < 4.78 is 0. The van der Waals surface area contributed by atoms with Gasteiger partial charge in [0.1, 0.15) is 5.54 Å². The number of fused-ring (bicyclic) bond motifs is 1. The van der Waals surface area contributed by atoms with Crippen molar-refractivity contribution in [2.24, 2.45) is 10.7 Å². The summed E-state index contributed by atoms with van der Waals surface area (Å²) in [6.07, 6.45) is 0.909. The van der Waals surface area contributed by atoms with Gasteiger partial charge in [-0.25, -0.2) is 4.99 Å². The van der Waals surface area contributed by atoms with Gasteiger partial charge in [0, 0.05) is 27.1 Å². The number of amides is 1. The van der Waals surface area contributed by atoms with Crippen molar-refractivity contribution in [2.75, 3.05) is 20.1 Å². The fourth-order valence-electron chi connectivity index (χ4n) is 4.89. The first-order chi connectivity index (χ1) is 15.5. The van der Waals surface area contributed by atoms with Crippen LogP contribution in [0.1, 0.15) is 29.2 Å². The SMILES string of the molecule is CC(=O)N1CCc2ccc(-c3cccc(C4(c5ccccc5)CN(C)C(N)=N4)c3)cc2C1.Cl. The zero-order valence-corrected chi connectivity index (χ0v) is 19.8. The quantitative estimate of drug-likeness (QED) is 0.637. The van der Waals surface area contributed by atoms with Gasteiger partial charge in [0.15, 0.2) is 5.96 Å². The maximum absolute atomic E-state index is 11.9. The fraction of sp³-hybridized carbons (Fsp3) is 0.259. The van der Waals surface area contributed by atoms with Crippen LogP contribution in [0, 0.1) is 0 Å². The first-order valence-electron chi connectivity index (χ1n) is 11.1. The number of likely N-dealkylation sites (N-methyl/N-ethyl adjacent to an activating group) is 1. The summed E-state index contributed by atoms with van der Waals surface area (Å²) in [4.78, 5) is 20.8. The normalized spacial score (nSPS) is 19.5. The average Bonchev–Trinajstić information content (AvgIpc) is 3.14. The number of aliphatic imine (C=N–C) groups is 1. The van der Waals surface area contributed by atoms with Crippen LogP contribution in [0.2, 0.25) is 0 Å². The first kappa shape index (κ1) is 22.9. The monoisotopic (exact) mass is 460 g/mol. The molecule has 0 spiro atoms. The van der Waals surface area contributed by atoms with Crippen molar-refractivity contribution >= 4 is 24.3 Å². The van der Waals surface area contributed by atoms with Gasteiger partial charge in [0.2, 0.25) is 5.91 Å². The molecule has 0 saturated carbocycles. The summed E-state index contributed by atoms with van der Waals surface area (Å²) in [5.41, 5.74) is 12.8. The summed E-state index contributed by atoms with van der Waals surface area (Å²) in [6.45, 7) is 3.82. The Kier molecular flexibility index (Phi) is 6.17. The number of hydrogen-bond donors (Lipinski definition) is 1. The largest absolute Gasteiger partial charge is 0.370 e. The number of benzene rings is 3. The van der Waals surface area contributed by atoms with Crippen molar-refractivity contribution in [2.45, 2.75) is 25.4 Å². The van der Waals surface area contributed by atoms with E-state index >= 15 is 0 Å². The van der Waals surface area contributed by atoms with E-state index in [1.807, 2.05) is 22.9 Å². The van der Waals surface area contributed by atoms with E-state index in [1.165, 1.54) is 11.1 Å². The molecule has 3 aromatic rings. The van der Waals surface area contributed by atoms with Crippen LogP contribution in [0.4, 0.5) is 0 Å². The Hall–Kier alpha value is -3.31. The van der Waals surface area contributed by atoms with Crippen LogP contribution in [0.3, 0.4) is 0 Å². The molecular weight excluding hydrogens is 432 g/mol. The molecule has 0 aromatic heterocycles. The molecule has 5 rings (SSSR count). The molecule has 6 heteroatoms. The maximum atomic E-state index is 11.9. The molecular formula is C27H29ClN4O. The third kappa shape index (κ3) is 4.09. The minimum Gasteiger partial charge on any atom is -0.370 e. The molecule has 1 atom stereocenters. The summed E-state index contributed by atoms with van der Waals surface area (Å²) in [5, 5.41) is 0. The van der Waals surface area contributed by atoms with Crippen LogP contribution in [-0.2, 0) is 23.3 Å². The lowest BCUT2D eigenvalue weighted by Crippen LogP contribution is -2.34. The van der Waals surface area contributed by atoms with Gasteiger partial charge in [0.05, 0.1) is 6.54 Å². The standard InChI is InChI=1S/C27H28N4O.ClH/c1-19(32)31-14-13-20-11-12-22(15-23(20)17-31)21-7-6-10-25(16-21)27(18-30(2)26(28)29-27)24-8-4-3-5-9-24;/h3-12,15-16H,13-14,17-18H2,1-2H3,(H2,28,29);1H. The van der Waals surface area contributed by atoms with Crippen LogP contribution in [-0.4, -0.2) is 41.8 Å². The predicted molar refractivity (Wildman–Crippen MR) is 135 cm³/mol. The Morgan fingerprint density at radius 3 is 2.36 bits per heavy atom. The second-order valence-electron chi connectivity index (χ2n) is 8.81. The molecule has 2 N–H and O–H groups in total. The van der Waals surface area contributed by atoms with Crippen molar-refractivity contribution < 1.29 is 4.79 Å². The number of guanidine groups is 1. The second kappa shape index (κ2) is 8.91. The lowest BCUT2D eigenvalue weighted by molar-refractivity contribution is -0.129. The first-order valence-corrected chi connectivity index (χ1v) is 11.1. The van der Waals surface area contributed by atoms with E-state index in [2.05, 4.69) is 66.7 Å². The molecule has 5 nitrogen and oxygen atoms in total. The summed E-state index contributed by atoms with van der Waals surface area (Å²) in [6, 6.07) is 25.6. The predicted octanol–water partition coefficient (Wildman–Crippen LogP) is 4.18. The van der Waals surface area contributed by atoms with Gasteiger partial charge in [-0.15, -0.1) is 12.4 Å². The minimum absolute atomic E-state index is 0. The van der Waals surface area contributed by atoms with Gasteiger partial charge in [-0.05, 0) is 51.9 Å². The molecule has 170 valence electrons. The zero-order valence-electron chi connectivity index (χ0n) is 19.0. The van der Waals surface area contributed by atoms with E-state index in [0.29, 0.717) is 19.0 Å². The lowest BCUT2D eigenvalue weighted by Gasteiger charge is -2.29. The van der Waals surface area contributed by atoms with E-state index in [4.69, 9.17) is 10.7 Å². The number of halogens is 1. The van der Waals surface area contributed by atoms with E-state index in [9.17, 15) is 4.79 Å². The van der Waals surface area contributed by atoms with Crippen LogP contribution in [0.5, 0.6) is 0 Å². The molecule has 2 aliphatic heterocycles. The molecule has 0 fully saturated rings. The van der Waals surface area contributed by atoms with E-state index in [1.54, 1.807) is 6.92 Å². The number of nitrogens with zero attached hydrogens (tertiary/aromatic N) is 3. The smallest absolute Gasteiger partial charge is 0.219 e.